The Balaban J connectivity index is 1.81. The van der Waals surface area contributed by atoms with Crippen molar-refractivity contribution in [2.24, 2.45) is 0 Å². The van der Waals surface area contributed by atoms with Gasteiger partial charge in [-0.05, 0) is 19.1 Å². The second kappa shape index (κ2) is 14.8. The van der Waals surface area contributed by atoms with Crippen molar-refractivity contribution in [2.45, 2.75) is 17.9 Å². The molecule has 9 nitrogen and oxygen atoms in total. The number of ether oxygens (including phenoxy) is 6. The van der Waals surface area contributed by atoms with Crippen LogP contribution in [0.2, 0.25) is 0 Å². The van der Waals surface area contributed by atoms with Crippen LogP contribution in [-0.2, 0) is 42.7 Å². The topological polar surface area (TPSA) is 98.8 Å². The van der Waals surface area contributed by atoms with Crippen molar-refractivity contribution in [3.05, 3.63) is 29.8 Å². The summed E-state index contributed by atoms with van der Waals surface area (Å²) < 4.78 is 62.8. The Morgan fingerprint density at radius 1 is 0.767 bits per heavy atom. The summed E-state index contributed by atoms with van der Waals surface area (Å²) in [7, 11) is -3.88. The molecule has 0 N–H and O–H groups in total. The third-order valence-electron chi connectivity index (χ3n) is 4.09. The molecular weight excluding hydrogens is 416 g/mol. The largest absolute Gasteiger partial charge is 0.377 e. The normalized spacial score (nSPS) is 22.1. The molecule has 0 radical (unpaired) electrons. The Bertz CT molecular complexity index is 645. The van der Waals surface area contributed by atoms with Crippen LogP contribution in [0.1, 0.15) is 5.56 Å². The molecule has 1 fully saturated rings. The highest BCUT2D eigenvalue weighted by Crippen LogP contribution is 2.14. The second-order valence-corrected chi connectivity index (χ2v) is 8.18. The number of hydrogen-bond donors (Lipinski definition) is 0. The van der Waals surface area contributed by atoms with Gasteiger partial charge in [-0.2, -0.15) is 8.42 Å². The Hall–Kier alpha value is -1.11. The molecule has 0 aromatic heterocycles. The van der Waals surface area contributed by atoms with Crippen LogP contribution < -0.4 is 0 Å². The lowest BCUT2D eigenvalue weighted by atomic mass is 10.2. The maximum Gasteiger partial charge on any atom is 0.297 e. The average Bonchev–Trinajstić information content (AvgIpc) is 2.73. The number of rotatable bonds is 4. The molecular formula is C20H32O9S. The van der Waals surface area contributed by atoms with E-state index in [4.69, 9.17) is 32.6 Å². The van der Waals surface area contributed by atoms with Gasteiger partial charge in [0, 0.05) is 0 Å². The van der Waals surface area contributed by atoms with Crippen LogP contribution in [0.3, 0.4) is 0 Å². The van der Waals surface area contributed by atoms with Gasteiger partial charge in [-0.1, -0.05) is 17.7 Å². The van der Waals surface area contributed by atoms with E-state index >= 15 is 0 Å². The van der Waals surface area contributed by atoms with Gasteiger partial charge < -0.3 is 28.4 Å². The molecule has 1 saturated heterocycles. The summed E-state index contributed by atoms with van der Waals surface area (Å²) in [5, 5.41) is 0. The summed E-state index contributed by atoms with van der Waals surface area (Å²) in [6.07, 6.45) is -0.563. The quantitative estimate of drug-likeness (QED) is 0.629. The van der Waals surface area contributed by atoms with E-state index < -0.39 is 16.2 Å². The molecule has 2 rings (SSSR count). The van der Waals surface area contributed by atoms with Crippen molar-refractivity contribution < 1.29 is 41.0 Å². The van der Waals surface area contributed by atoms with Crippen molar-refractivity contribution in [3.8, 4) is 0 Å². The number of aryl methyl sites for hydroxylation is 1. The first-order valence-corrected chi connectivity index (χ1v) is 11.5. The standard InChI is InChI=1S/C20H32O9S/c1-18-2-4-20(5-3-18)30(21,22)29-17-19-16-27-13-12-25-9-8-23-6-7-24-10-11-26-14-15-28-19/h2-5,19H,6-17H2,1H3. The Morgan fingerprint density at radius 3 is 1.77 bits per heavy atom. The molecule has 0 spiro atoms. The molecule has 1 aromatic carbocycles. The van der Waals surface area contributed by atoms with Gasteiger partial charge >= 0.3 is 0 Å². The monoisotopic (exact) mass is 448 g/mol. The van der Waals surface area contributed by atoms with E-state index in [9.17, 15) is 8.42 Å². The van der Waals surface area contributed by atoms with Gasteiger partial charge in [-0.3, -0.25) is 4.18 Å². The summed E-state index contributed by atoms with van der Waals surface area (Å²) in [5.41, 5.74) is 0.966. The summed E-state index contributed by atoms with van der Waals surface area (Å²) in [5.74, 6) is 0. The molecule has 0 amide bonds. The maximum atomic E-state index is 12.4. The van der Waals surface area contributed by atoms with Gasteiger partial charge in [0.05, 0.1) is 84.2 Å². The van der Waals surface area contributed by atoms with E-state index in [1.807, 2.05) is 6.92 Å². The van der Waals surface area contributed by atoms with Crippen LogP contribution in [0.4, 0.5) is 0 Å². The predicted octanol–water partition coefficient (Wildman–Crippen LogP) is 1.18. The molecule has 1 heterocycles. The first-order valence-electron chi connectivity index (χ1n) is 10.0. The SMILES string of the molecule is Cc1ccc(S(=O)(=O)OCC2COCCOCCOCCOCCOCCO2)cc1. The smallest absolute Gasteiger partial charge is 0.297 e. The lowest BCUT2D eigenvalue weighted by molar-refractivity contribution is -0.0705. The highest BCUT2D eigenvalue weighted by Gasteiger charge is 2.19. The van der Waals surface area contributed by atoms with E-state index in [-0.39, 0.29) is 24.7 Å². The zero-order valence-electron chi connectivity index (χ0n) is 17.5. The number of hydrogen-bond acceptors (Lipinski definition) is 9. The fourth-order valence-corrected chi connectivity index (χ4v) is 3.39. The summed E-state index contributed by atoms with van der Waals surface area (Å²) >= 11 is 0. The minimum atomic E-state index is -3.88. The highest BCUT2D eigenvalue weighted by atomic mass is 32.2. The Morgan fingerprint density at radius 2 is 1.23 bits per heavy atom. The zero-order chi connectivity index (χ0) is 21.5. The van der Waals surface area contributed by atoms with E-state index in [1.165, 1.54) is 12.1 Å². The van der Waals surface area contributed by atoms with Crippen molar-refractivity contribution in [1.82, 2.24) is 0 Å². The minimum Gasteiger partial charge on any atom is -0.377 e. The third-order valence-corrected chi connectivity index (χ3v) is 5.39. The van der Waals surface area contributed by atoms with Crippen LogP contribution >= 0.6 is 0 Å². The molecule has 1 unspecified atom stereocenters. The maximum absolute atomic E-state index is 12.4. The van der Waals surface area contributed by atoms with E-state index in [2.05, 4.69) is 0 Å². The second-order valence-electron chi connectivity index (χ2n) is 6.57. The lowest BCUT2D eigenvalue weighted by Gasteiger charge is -2.18. The molecule has 10 heteroatoms. The van der Waals surface area contributed by atoms with Crippen LogP contribution in [0.15, 0.2) is 29.2 Å². The molecule has 1 aliphatic rings. The van der Waals surface area contributed by atoms with Crippen molar-refractivity contribution in [1.29, 1.82) is 0 Å². The summed E-state index contributed by atoms with van der Waals surface area (Å²) in [6, 6.07) is 6.47. The molecule has 0 aliphatic carbocycles. The zero-order valence-corrected chi connectivity index (χ0v) is 18.3. The Kier molecular flexibility index (Phi) is 12.4. The molecule has 0 saturated carbocycles. The predicted molar refractivity (Wildman–Crippen MR) is 108 cm³/mol. The summed E-state index contributed by atoms with van der Waals surface area (Å²) in [4.78, 5) is 0.105. The van der Waals surface area contributed by atoms with Gasteiger partial charge in [0.2, 0.25) is 0 Å². The molecule has 1 aliphatic heterocycles. The van der Waals surface area contributed by atoms with Crippen LogP contribution in [0.25, 0.3) is 0 Å². The minimum absolute atomic E-state index is 0.105. The van der Waals surface area contributed by atoms with Gasteiger partial charge in [0.15, 0.2) is 0 Å². The fourth-order valence-electron chi connectivity index (χ4n) is 2.45. The van der Waals surface area contributed by atoms with Gasteiger partial charge in [0.25, 0.3) is 10.1 Å². The first-order chi connectivity index (χ1) is 14.6. The van der Waals surface area contributed by atoms with Crippen molar-refractivity contribution >= 4 is 10.1 Å². The fraction of sp³-hybridized carbons (Fsp3) is 0.700. The van der Waals surface area contributed by atoms with Crippen molar-refractivity contribution in [3.63, 3.8) is 0 Å². The summed E-state index contributed by atoms with van der Waals surface area (Å²) in [6.45, 7) is 6.13. The average molecular weight is 449 g/mol. The van der Waals surface area contributed by atoms with Gasteiger partial charge in [-0.25, -0.2) is 0 Å². The molecule has 1 atom stereocenters. The molecule has 30 heavy (non-hydrogen) atoms. The van der Waals surface area contributed by atoms with Crippen molar-refractivity contribution in [2.75, 3.05) is 79.3 Å². The third kappa shape index (κ3) is 10.8. The van der Waals surface area contributed by atoms with Crippen LogP contribution in [0, 0.1) is 6.92 Å². The molecule has 172 valence electrons. The van der Waals surface area contributed by atoms with E-state index in [0.29, 0.717) is 59.5 Å². The van der Waals surface area contributed by atoms with Crippen LogP contribution in [0.5, 0.6) is 0 Å². The molecule has 0 bridgehead atoms. The first kappa shape index (κ1) is 25.2. The number of benzene rings is 1. The highest BCUT2D eigenvalue weighted by molar-refractivity contribution is 7.86. The van der Waals surface area contributed by atoms with E-state index in [1.54, 1.807) is 12.1 Å². The van der Waals surface area contributed by atoms with Crippen LogP contribution in [-0.4, -0.2) is 93.8 Å². The lowest BCUT2D eigenvalue weighted by Crippen LogP contribution is -2.29. The van der Waals surface area contributed by atoms with Gasteiger partial charge in [0.1, 0.15) is 6.10 Å². The Labute approximate surface area is 178 Å². The van der Waals surface area contributed by atoms with Gasteiger partial charge in [-0.15, -0.1) is 0 Å². The van der Waals surface area contributed by atoms with E-state index in [0.717, 1.165) is 5.56 Å². The molecule has 1 aromatic rings.